The average molecular weight is 260 g/mol. The van der Waals surface area contributed by atoms with Crippen molar-refractivity contribution in [3.8, 4) is 11.3 Å². The first kappa shape index (κ1) is 10.6. The summed E-state index contributed by atoms with van der Waals surface area (Å²) in [5.41, 5.74) is 4.86. The Hall–Kier alpha value is -1.32. The molecule has 1 saturated heterocycles. The molecule has 1 aromatic heterocycles. The standard InChI is InChI=1S/C14H14ClN3/c15-9-3-4-10-8(6-9)7-12-13(10)18-14(17-12)11-2-1-5-16-11/h3-4,6,11,16H,1-2,5,7H2,(H,17,18). The van der Waals surface area contributed by atoms with Crippen LogP contribution in [0.1, 0.15) is 36.0 Å². The Kier molecular flexibility index (Phi) is 2.26. The second-order valence-corrected chi connectivity index (χ2v) is 5.51. The van der Waals surface area contributed by atoms with Crippen LogP contribution in [0.3, 0.4) is 0 Å². The van der Waals surface area contributed by atoms with Crippen LogP contribution >= 0.6 is 11.6 Å². The summed E-state index contributed by atoms with van der Waals surface area (Å²) >= 11 is 6.03. The number of hydrogen-bond donors (Lipinski definition) is 2. The number of aromatic amines is 1. The molecule has 2 heterocycles. The molecule has 0 bridgehead atoms. The van der Waals surface area contributed by atoms with Crippen LogP contribution in [-0.2, 0) is 6.42 Å². The lowest BCUT2D eigenvalue weighted by molar-refractivity contribution is 0.611. The van der Waals surface area contributed by atoms with Crippen molar-refractivity contribution < 1.29 is 0 Å². The van der Waals surface area contributed by atoms with Gasteiger partial charge in [-0.05, 0) is 37.1 Å². The minimum Gasteiger partial charge on any atom is -0.344 e. The number of hydrogen-bond acceptors (Lipinski definition) is 2. The topological polar surface area (TPSA) is 40.7 Å². The molecule has 4 heteroatoms. The van der Waals surface area contributed by atoms with Crippen molar-refractivity contribution in [2.45, 2.75) is 25.3 Å². The zero-order valence-corrected chi connectivity index (χ0v) is 10.7. The Labute approximate surface area is 111 Å². The van der Waals surface area contributed by atoms with Gasteiger partial charge in [-0.25, -0.2) is 4.98 Å². The molecule has 0 saturated carbocycles. The quantitative estimate of drug-likeness (QED) is 0.705. The van der Waals surface area contributed by atoms with E-state index in [2.05, 4.69) is 16.4 Å². The lowest BCUT2D eigenvalue weighted by atomic mass is 10.1. The molecule has 0 amide bonds. The Balaban J connectivity index is 1.76. The van der Waals surface area contributed by atoms with E-state index in [0.717, 1.165) is 29.5 Å². The largest absolute Gasteiger partial charge is 0.344 e. The van der Waals surface area contributed by atoms with E-state index >= 15 is 0 Å². The molecule has 4 rings (SSSR count). The van der Waals surface area contributed by atoms with Gasteiger partial charge >= 0.3 is 0 Å². The number of nitrogens with one attached hydrogen (secondary N) is 2. The Bertz CT molecular complexity index is 611. The summed E-state index contributed by atoms with van der Waals surface area (Å²) in [6.07, 6.45) is 3.34. The highest BCUT2D eigenvalue weighted by atomic mass is 35.5. The minimum atomic E-state index is 0.409. The number of benzene rings is 1. The lowest BCUT2D eigenvalue weighted by Gasteiger charge is -2.06. The molecule has 18 heavy (non-hydrogen) atoms. The minimum absolute atomic E-state index is 0.409. The van der Waals surface area contributed by atoms with Crippen LogP contribution in [0.15, 0.2) is 18.2 Å². The summed E-state index contributed by atoms with van der Waals surface area (Å²) in [6.45, 7) is 1.10. The van der Waals surface area contributed by atoms with Crippen molar-refractivity contribution in [2.24, 2.45) is 0 Å². The summed E-state index contributed by atoms with van der Waals surface area (Å²) in [7, 11) is 0. The maximum absolute atomic E-state index is 6.03. The molecule has 2 aliphatic rings. The van der Waals surface area contributed by atoms with E-state index in [4.69, 9.17) is 16.6 Å². The first-order chi connectivity index (χ1) is 8.81. The van der Waals surface area contributed by atoms with Crippen LogP contribution in [0.4, 0.5) is 0 Å². The van der Waals surface area contributed by atoms with Crippen molar-refractivity contribution in [3.05, 3.63) is 40.3 Å². The normalized spacial score (nSPS) is 21.1. The highest BCUT2D eigenvalue weighted by Crippen LogP contribution is 2.37. The van der Waals surface area contributed by atoms with E-state index < -0.39 is 0 Å². The third-order valence-electron chi connectivity index (χ3n) is 3.88. The fraction of sp³-hybridized carbons (Fsp3) is 0.357. The summed E-state index contributed by atoms with van der Waals surface area (Å²) in [6, 6.07) is 6.47. The molecule has 3 nitrogen and oxygen atoms in total. The maximum atomic E-state index is 6.03. The number of H-pyrrole nitrogens is 1. The van der Waals surface area contributed by atoms with Crippen LogP contribution in [0.5, 0.6) is 0 Å². The van der Waals surface area contributed by atoms with Crippen molar-refractivity contribution in [2.75, 3.05) is 6.54 Å². The zero-order chi connectivity index (χ0) is 12.1. The van der Waals surface area contributed by atoms with Crippen LogP contribution in [0.2, 0.25) is 5.02 Å². The van der Waals surface area contributed by atoms with Crippen molar-refractivity contribution in [1.29, 1.82) is 0 Å². The van der Waals surface area contributed by atoms with Crippen LogP contribution < -0.4 is 5.32 Å². The van der Waals surface area contributed by atoms with E-state index in [1.54, 1.807) is 0 Å². The first-order valence-corrected chi connectivity index (χ1v) is 6.80. The molecule has 1 atom stereocenters. The lowest BCUT2D eigenvalue weighted by Crippen LogP contribution is -2.14. The van der Waals surface area contributed by atoms with E-state index in [1.165, 1.54) is 29.7 Å². The molecule has 1 unspecified atom stereocenters. The van der Waals surface area contributed by atoms with Gasteiger partial charge in [0.15, 0.2) is 0 Å². The summed E-state index contributed by atoms with van der Waals surface area (Å²) in [5.74, 6) is 1.10. The second-order valence-electron chi connectivity index (χ2n) is 5.08. The maximum Gasteiger partial charge on any atom is 0.124 e. The smallest absolute Gasteiger partial charge is 0.124 e. The second kappa shape index (κ2) is 3.84. The van der Waals surface area contributed by atoms with Crippen molar-refractivity contribution in [3.63, 3.8) is 0 Å². The molecule has 1 aliphatic heterocycles. The van der Waals surface area contributed by atoms with E-state index in [-0.39, 0.29) is 0 Å². The molecule has 0 radical (unpaired) electrons. The number of nitrogens with zero attached hydrogens (tertiary/aromatic N) is 1. The molecule has 1 aromatic carbocycles. The van der Waals surface area contributed by atoms with Gasteiger partial charge in [-0.2, -0.15) is 0 Å². The molecule has 2 aromatic rings. The van der Waals surface area contributed by atoms with Crippen LogP contribution in [0, 0.1) is 0 Å². The zero-order valence-electron chi connectivity index (χ0n) is 9.96. The molecule has 1 aliphatic carbocycles. The molecule has 2 N–H and O–H groups in total. The van der Waals surface area contributed by atoms with Gasteiger partial charge in [0.2, 0.25) is 0 Å². The van der Waals surface area contributed by atoms with Gasteiger partial charge in [0.25, 0.3) is 0 Å². The number of aromatic nitrogens is 2. The summed E-state index contributed by atoms with van der Waals surface area (Å²) in [5, 5.41) is 4.28. The summed E-state index contributed by atoms with van der Waals surface area (Å²) in [4.78, 5) is 8.27. The third-order valence-corrected chi connectivity index (χ3v) is 4.11. The van der Waals surface area contributed by atoms with Gasteiger partial charge in [-0.3, -0.25) is 0 Å². The average Bonchev–Trinajstić information content (AvgIpc) is 3.01. The number of rotatable bonds is 1. The highest BCUT2D eigenvalue weighted by Gasteiger charge is 2.26. The SMILES string of the molecule is Clc1ccc2c(c1)Cc1[nH]c(C3CCCN3)nc1-2. The Morgan fingerprint density at radius 1 is 1.33 bits per heavy atom. The molecular weight excluding hydrogens is 246 g/mol. The Morgan fingerprint density at radius 3 is 3.11 bits per heavy atom. The van der Waals surface area contributed by atoms with E-state index in [0.29, 0.717) is 6.04 Å². The fourth-order valence-electron chi connectivity index (χ4n) is 2.99. The molecule has 0 spiro atoms. The van der Waals surface area contributed by atoms with E-state index in [1.807, 2.05) is 12.1 Å². The fourth-order valence-corrected chi connectivity index (χ4v) is 3.19. The third kappa shape index (κ3) is 1.51. The van der Waals surface area contributed by atoms with Gasteiger partial charge in [-0.1, -0.05) is 17.7 Å². The summed E-state index contributed by atoms with van der Waals surface area (Å²) < 4.78 is 0. The highest BCUT2D eigenvalue weighted by molar-refractivity contribution is 6.30. The van der Waals surface area contributed by atoms with E-state index in [9.17, 15) is 0 Å². The molecule has 92 valence electrons. The molecular formula is C14H14ClN3. The van der Waals surface area contributed by atoms with Gasteiger partial charge in [0.1, 0.15) is 5.82 Å². The van der Waals surface area contributed by atoms with Gasteiger partial charge in [0, 0.05) is 22.7 Å². The van der Waals surface area contributed by atoms with Crippen LogP contribution in [0.25, 0.3) is 11.3 Å². The predicted molar refractivity (Wildman–Crippen MR) is 71.8 cm³/mol. The monoisotopic (exact) mass is 259 g/mol. The number of imidazole rings is 1. The van der Waals surface area contributed by atoms with Crippen molar-refractivity contribution >= 4 is 11.6 Å². The van der Waals surface area contributed by atoms with Gasteiger partial charge in [-0.15, -0.1) is 0 Å². The molecule has 1 fully saturated rings. The van der Waals surface area contributed by atoms with Gasteiger partial charge < -0.3 is 10.3 Å². The van der Waals surface area contributed by atoms with Crippen LogP contribution in [-0.4, -0.2) is 16.5 Å². The van der Waals surface area contributed by atoms with Crippen molar-refractivity contribution in [1.82, 2.24) is 15.3 Å². The Morgan fingerprint density at radius 2 is 2.28 bits per heavy atom. The number of fused-ring (bicyclic) bond motifs is 3. The predicted octanol–water partition coefficient (Wildman–Crippen LogP) is 3.06. The number of halogens is 1. The first-order valence-electron chi connectivity index (χ1n) is 6.42. The van der Waals surface area contributed by atoms with Gasteiger partial charge in [0.05, 0.1) is 11.7 Å².